The maximum atomic E-state index is 13.7. The van der Waals surface area contributed by atoms with E-state index in [0.717, 1.165) is 69.5 Å². The first kappa shape index (κ1) is 32.4. The fourth-order valence-corrected chi connectivity index (χ4v) is 6.80. The second-order valence-electron chi connectivity index (χ2n) is 12.4. The molecule has 0 aliphatic carbocycles. The Hall–Kier alpha value is -3.98. The van der Waals surface area contributed by atoms with Gasteiger partial charge in [-0.25, -0.2) is 4.68 Å². The lowest BCUT2D eigenvalue weighted by Gasteiger charge is -2.51. The van der Waals surface area contributed by atoms with Gasteiger partial charge in [0.1, 0.15) is 11.6 Å². The van der Waals surface area contributed by atoms with Crippen LogP contribution in [0.2, 0.25) is 0 Å². The standard InChI is InChI=1S/C36H48N6O3/c1-3-13-32-30(27-38-42(32)29-16-9-6-10-17-29)33(43)37-22-12-11-18-31-34(44)41(23-4-2)36(35(45)39-31)20-25-40(26-21-36)24-19-28-14-7-5-8-15-28/h5-10,14-17,27,31H,3-4,11-13,18-26H2,1-2H3,(H,37,43)(H,39,45)/t31-/m0/s1. The van der Waals surface area contributed by atoms with Crippen LogP contribution in [0.4, 0.5) is 0 Å². The lowest BCUT2D eigenvalue weighted by atomic mass is 9.81. The molecule has 2 saturated heterocycles. The van der Waals surface area contributed by atoms with Gasteiger partial charge in [0.2, 0.25) is 11.8 Å². The zero-order chi connectivity index (χ0) is 31.6. The highest BCUT2D eigenvalue weighted by molar-refractivity contribution is 6.00. The molecule has 3 aromatic rings. The fourth-order valence-electron chi connectivity index (χ4n) is 6.80. The molecule has 1 aromatic heterocycles. The monoisotopic (exact) mass is 612 g/mol. The van der Waals surface area contributed by atoms with Gasteiger partial charge >= 0.3 is 0 Å². The van der Waals surface area contributed by atoms with E-state index in [1.54, 1.807) is 6.20 Å². The summed E-state index contributed by atoms with van der Waals surface area (Å²) in [6.45, 7) is 7.82. The number of aromatic nitrogens is 2. The third-order valence-electron chi connectivity index (χ3n) is 9.30. The van der Waals surface area contributed by atoms with Gasteiger partial charge in [0, 0.05) is 32.7 Å². The van der Waals surface area contributed by atoms with E-state index >= 15 is 0 Å². The van der Waals surface area contributed by atoms with Crippen molar-refractivity contribution >= 4 is 17.7 Å². The van der Waals surface area contributed by atoms with Crippen LogP contribution in [0.25, 0.3) is 5.69 Å². The van der Waals surface area contributed by atoms with Gasteiger partial charge in [-0.3, -0.25) is 14.4 Å². The zero-order valence-electron chi connectivity index (χ0n) is 26.8. The van der Waals surface area contributed by atoms with Crippen molar-refractivity contribution in [3.8, 4) is 5.69 Å². The molecule has 2 aliphatic heterocycles. The van der Waals surface area contributed by atoms with Crippen molar-refractivity contribution in [3.63, 3.8) is 0 Å². The molecular formula is C36H48N6O3. The molecule has 45 heavy (non-hydrogen) atoms. The molecule has 0 bridgehead atoms. The lowest BCUT2D eigenvalue weighted by molar-refractivity contribution is -0.161. The number of para-hydroxylation sites is 1. The average molecular weight is 613 g/mol. The van der Waals surface area contributed by atoms with Gasteiger partial charge < -0.3 is 20.4 Å². The first-order chi connectivity index (χ1) is 22.0. The van der Waals surface area contributed by atoms with Gasteiger partial charge in [-0.05, 0) is 69.1 Å². The minimum absolute atomic E-state index is 0.00422. The molecule has 0 saturated carbocycles. The van der Waals surface area contributed by atoms with Gasteiger partial charge in [-0.2, -0.15) is 5.10 Å². The molecule has 2 aromatic carbocycles. The van der Waals surface area contributed by atoms with E-state index in [1.807, 2.05) is 46.0 Å². The van der Waals surface area contributed by atoms with Crippen molar-refractivity contribution in [2.45, 2.75) is 83.2 Å². The topological polar surface area (TPSA) is 99.6 Å². The minimum atomic E-state index is -0.749. The van der Waals surface area contributed by atoms with E-state index in [-0.39, 0.29) is 17.7 Å². The number of carbonyl (C=O) groups is 3. The van der Waals surface area contributed by atoms with Crippen molar-refractivity contribution in [1.29, 1.82) is 0 Å². The van der Waals surface area contributed by atoms with E-state index in [0.29, 0.717) is 37.9 Å². The third-order valence-corrected chi connectivity index (χ3v) is 9.30. The number of piperazine rings is 1. The molecule has 3 heterocycles. The summed E-state index contributed by atoms with van der Waals surface area (Å²) in [5, 5.41) is 10.6. The Labute approximate surface area is 267 Å². The lowest BCUT2D eigenvalue weighted by Crippen LogP contribution is -2.72. The van der Waals surface area contributed by atoms with Gasteiger partial charge in [0.25, 0.3) is 5.91 Å². The van der Waals surface area contributed by atoms with Crippen LogP contribution >= 0.6 is 0 Å². The molecule has 2 fully saturated rings. The predicted octanol–water partition coefficient (Wildman–Crippen LogP) is 4.54. The maximum absolute atomic E-state index is 13.7. The van der Waals surface area contributed by atoms with Crippen LogP contribution in [-0.4, -0.2) is 81.6 Å². The number of hydrogen-bond donors (Lipinski definition) is 2. The fraction of sp³-hybridized carbons (Fsp3) is 0.500. The molecule has 5 rings (SSSR count). The Morgan fingerprint density at radius 2 is 1.64 bits per heavy atom. The van der Waals surface area contributed by atoms with E-state index in [1.165, 1.54) is 5.56 Å². The van der Waals surface area contributed by atoms with Gasteiger partial charge in [0.15, 0.2) is 0 Å². The molecule has 2 aliphatic rings. The summed E-state index contributed by atoms with van der Waals surface area (Å²) in [6, 6.07) is 19.8. The molecule has 2 N–H and O–H groups in total. The van der Waals surface area contributed by atoms with Gasteiger partial charge in [-0.15, -0.1) is 0 Å². The first-order valence-electron chi connectivity index (χ1n) is 16.8. The highest BCUT2D eigenvalue weighted by atomic mass is 16.2. The quantitative estimate of drug-likeness (QED) is 0.261. The van der Waals surface area contributed by atoms with Crippen LogP contribution in [0.15, 0.2) is 66.9 Å². The minimum Gasteiger partial charge on any atom is -0.352 e. The molecular weight excluding hydrogens is 564 g/mol. The number of amides is 3. The molecule has 9 heteroatoms. The van der Waals surface area contributed by atoms with Crippen LogP contribution in [0.5, 0.6) is 0 Å². The second kappa shape index (κ2) is 15.3. The van der Waals surface area contributed by atoms with Crippen LogP contribution in [-0.2, 0) is 22.4 Å². The molecule has 1 spiro atoms. The van der Waals surface area contributed by atoms with E-state index in [4.69, 9.17) is 0 Å². The predicted molar refractivity (Wildman–Crippen MR) is 176 cm³/mol. The average Bonchev–Trinajstić information content (AvgIpc) is 3.49. The number of rotatable bonds is 14. The number of unbranched alkanes of at least 4 members (excludes halogenated alkanes) is 1. The third kappa shape index (κ3) is 7.47. The smallest absolute Gasteiger partial charge is 0.254 e. The van der Waals surface area contributed by atoms with E-state index in [2.05, 4.69) is 58.7 Å². The zero-order valence-corrected chi connectivity index (χ0v) is 26.8. The second-order valence-corrected chi connectivity index (χ2v) is 12.4. The molecule has 3 amide bonds. The summed E-state index contributed by atoms with van der Waals surface area (Å²) in [5.41, 5.74) is 3.01. The summed E-state index contributed by atoms with van der Waals surface area (Å²) in [4.78, 5) is 44.7. The normalized spacial score (nSPS) is 18.3. The maximum Gasteiger partial charge on any atom is 0.254 e. The number of carbonyl (C=O) groups excluding carboxylic acids is 3. The summed E-state index contributed by atoms with van der Waals surface area (Å²) >= 11 is 0. The van der Waals surface area contributed by atoms with E-state index in [9.17, 15) is 14.4 Å². The Morgan fingerprint density at radius 3 is 2.33 bits per heavy atom. The molecule has 0 unspecified atom stereocenters. The highest BCUT2D eigenvalue weighted by Gasteiger charge is 2.53. The number of likely N-dealkylation sites (tertiary alicyclic amines) is 1. The number of benzene rings is 2. The van der Waals surface area contributed by atoms with Crippen LogP contribution in [0.1, 0.15) is 80.4 Å². The summed E-state index contributed by atoms with van der Waals surface area (Å²) < 4.78 is 1.85. The first-order valence-corrected chi connectivity index (χ1v) is 16.8. The molecule has 240 valence electrons. The summed E-state index contributed by atoms with van der Waals surface area (Å²) in [6.07, 6.45) is 8.44. The van der Waals surface area contributed by atoms with Crippen molar-refractivity contribution in [3.05, 3.63) is 83.7 Å². The Balaban J connectivity index is 1.11. The van der Waals surface area contributed by atoms with Crippen molar-refractivity contribution in [2.75, 3.05) is 32.7 Å². The SMILES string of the molecule is CCCc1c(C(=O)NCCCC[C@@H]2NC(=O)C3(CCN(CCc4ccccc4)CC3)N(CCC)C2=O)cnn1-c1ccccc1. The molecule has 1 atom stereocenters. The number of piperidine rings is 1. The van der Waals surface area contributed by atoms with Crippen LogP contribution < -0.4 is 10.6 Å². The van der Waals surface area contributed by atoms with E-state index < -0.39 is 11.6 Å². The number of nitrogens with zero attached hydrogens (tertiary/aromatic N) is 4. The Morgan fingerprint density at radius 1 is 0.933 bits per heavy atom. The van der Waals surface area contributed by atoms with Gasteiger partial charge in [-0.1, -0.05) is 68.8 Å². The molecule has 0 radical (unpaired) electrons. The number of nitrogens with one attached hydrogen (secondary N) is 2. The van der Waals surface area contributed by atoms with Gasteiger partial charge in [0.05, 0.1) is 23.1 Å². The summed E-state index contributed by atoms with van der Waals surface area (Å²) in [5.74, 6) is -0.0972. The van der Waals surface area contributed by atoms with Crippen molar-refractivity contribution in [2.24, 2.45) is 0 Å². The van der Waals surface area contributed by atoms with Crippen molar-refractivity contribution < 1.29 is 14.4 Å². The Kier molecular flexibility index (Phi) is 11.1. The number of hydrogen-bond acceptors (Lipinski definition) is 5. The molecule has 9 nitrogen and oxygen atoms in total. The summed E-state index contributed by atoms with van der Waals surface area (Å²) in [7, 11) is 0. The highest BCUT2D eigenvalue weighted by Crippen LogP contribution is 2.34. The Bertz CT molecular complexity index is 1420. The van der Waals surface area contributed by atoms with Crippen LogP contribution in [0, 0.1) is 0 Å². The largest absolute Gasteiger partial charge is 0.352 e. The van der Waals surface area contributed by atoms with Crippen LogP contribution in [0.3, 0.4) is 0 Å². The van der Waals surface area contributed by atoms with Crippen molar-refractivity contribution in [1.82, 2.24) is 30.2 Å².